The van der Waals surface area contributed by atoms with Gasteiger partial charge < -0.3 is 15.4 Å². The Labute approximate surface area is 185 Å². The second-order valence-electron chi connectivity index (χ2n) is 7.51. The molecule has 0 unspecified atom stereocenters. The van der Waals surface area contributed by atoms with Gasteiger partial charge in [0, 0.05) is 39.8 Å². The molecule has 4 aromatic carbocycles. The number of hydrogen-bond acceptors (Lipinski definition) is 4. The van der Waals surface area contributed by atoms with Crippen LogP contribution < -0.4 is 15.4 Å². The Hall–Kier alpha value is -4.38. The molecule has 0 spiro atoms. The molecule has 0 saturated heterocycles. The van der Waals surface area contributed by atoms with Crippen LogP contribution in [0.5, 0.6) is 5.75 Å². The van der Waals surface area contributed by atoms with Crippen molar-refractivity contribution < 1.29 is 14.3 Å². The van der Waals surface area contributed by atoms with Gasteiger partial charge in [-0.25, -0.2) is 0 Å². The van der Waals surface area contributed by atoms with Gasteiger partial charge in [0.1, 0.15) is 12.4 Å². The summed E-state index contributed by atoms with van der Waals surface area (Å²) in [5.74, 6) is 0.307. The first-order valence-corrected chi connectivity index (χ1v) is 10.3. The maximum atomic E-state index is 12.9. The SMILES string of the molecule is O=C(Nc1ccccc1)c1cccc(Nc2ccc3c(c2)OCc2ccccc2C3=O)c1. The van der Waals surface area contributed by atoms with E-state index in [4.69, 9.17) is 4.74 Å². The van der Waals surface area contributed by atoms with Gasteiger partial charge in [-0.2, -0.15) is 0 Å². The smallest absolute Gasteiger partial charge is 0.255 e. The lowest BCUT2D eigenvalue weighted by Gasteiger charge is -2.12. The van der Waals surface area contributed by atoms with Crippen molar-refractivity contribution in [3.63, 3.8) is 0 Å². The lowest BCUT2D eigenvalue weighted by atomic mass is 9.99. The number of fused-ring (bicyclic) bond motifs is 2. The summed E-state index contributed by atoms with van der Waals surface area (Å²) in [4.78, 5) is 25.5. The first-order chi connectivity index (χ1) is 15.7. The van der Waals surface area contributed by atoms with Crippen molar-refractivity contribution in [3.05, 3.63) is 119 Å². The van der Waals surface area contributed by atoms with Crippen molar-refractivity contribution in [2.45, 2.75) is 6.61 Å². The molecule has 0 saturated carbocycles. The highest BCUT2D eigenvalue weighted by atomic mass is 16.5. The van der Waals surface area contributed by atoms with E-state index in [-0.39, 0.29) is 11.7 Å². The van der Waals surface area contributed by atoms with Gasteiger partial charge in [0.25, 0.3) is 5.91 Å². The summed E-state index contributed by atoms with van der Waals surface area (Å²) in [5.41, 5.74) is 4.89. The zero-order valence-electron chi connectivity index (χ0n) is 17.2. The maximum Gasteiger partial charge on any atom is 0.255 e. The normalized spacial score (nSPS) is 12.1. The van der Waals surface area contributed by atoms with E-state index in [0.29, 0.717) is 29.0 Å². The predicted molar refractivity (Wildman–Crippen MR) is 125 cm³/mol. The zero-order chi connectivity index (χ0) is 21.9. The summed E-state index contributed by atoms with van der Waals surface area (Å²) in [7, 11) is 0. The quantitative estimate of drug-likeness (QED) is 0.437. The zero-order valence-corrected chi connectivity index (χ0v) is 17.2. The fourth-order valence-electron chi connectivity index (χ4n) is 3.70. The Balaban J connectivity index is 1.36. The van der Waals surface area contributed by atoms with Crippen LogP contribution in [0.4, 0.5) is 17.1 Å². The van der Waals surface area contributed by atoms with Gasteiger partial charge in [0.2, 0.25) is 0 Å². The minimum atomic E-state index is -0.187. The maximum absolute atomic E-state index is 12.9. The molecule has 5 rings (SSSR count). The van der Waals surface area contributed by atoms with Gasteiger partial charge in [-0.15, -0.1) is 0 Å². The van der Waals surface area contributed by atoms with E-state index >= 15 is 0 Å². The molecular weight excluding hydrogens is 400 g/mol. The summed E-state index contributed by atoms with van der Waals surface area (Å²) >= 11 is 0. The molecule has 2 N–H and O–H groups in total. The molecule has 0 radical (unpaired) electrons. The van der Waals surface area contributed by atoms with E-state index in [1.165, 1.54) is 0 Å². The number of hydrogen-bond donors (Lipinski definition) is 2. The summed E-state index contributed by atoms with van der Waals surface area (Å²) in [6.07, 6.45) is 0. The van der Waals surface area contributed by atoms with Crippen LogP contribution >= 0.6 is 0 Å². The average molecular weight is 420 g/mol. The van der Waals surface area contributed by atoms with Crippen molar-refractivity contribution in [1.29, 1.82) is 0 Å². The van der Waals surface area contributed by atoms with E-state index < -0.39 is 0 Å². The molecule has 5 heteroatoms. The highest BCUT2D eigenvalue weighted by Gasteiger charge is 2.22. The van der Waals surface area contributed by atoms with Gasteiger partial charge >= 0.3 is 0 Å². The molecule has 4 aromatic rings. The molecule has 5 nitrogen and oxygen atoms in total. The monoisotopic (exact) mass is 420 g/mol. The Morgan fingerprint density at radius 2 is 1.47 bits per heavy atom. The Kier molecular flexibility index (Phi) is 5.14. The lowest BCUT2D eigenvalue weighted by Crippen LogP contribution is -2.11. The van der Waals surface area contributed by atoms with Gasteiger partial charge in [-0.05, 0) is 42.5 Å². The van der Waals surface area contributed by atoms with Gasteiger partial charge in [-0.3, -0.25) is 9.59 Å². The topological polar surface area (TPSA) is 67.4 Å². The van der Waals surface area contributed by atoms with E-state index in [0.717, 1.165) is 22.6 Å². The van der Waals surface area contributed by atoms with Crippen LogP contribution in [0.15, 0.2) is 97.1 Å². The standard InChI is InChI=1S/C27H20N2O3/c30-26-23-12-5-4-7-19(23)17-32-25-16-22(13-14-24(25)26)28-21-11-6-8-18(15-21)27(31)29-20-9-2-1-3-10-20/h1-16,28H,17H2,(H,29,31). The van der Waals surface area contributed by atoms with Crippen LogP contribution in [0.3, 0.4) is 0 Å². The van der Waals surface area contributed by atoms with E-state index in [9.17, 15) is 9.59 Å². The summed E-state index contributed by atoms with van der Waals surface area (Å²) in [6, 6.07) is 29.5. The van der Waals surface area contributed by atoms with Crippen LogP contribution in [0, 0.1) is 0 Å². The van der Waals surface area contributed by atoms with Crippen molar-refractivity contribution in [2.75, 3.05) is 10.6 Å². The third kappa shape index (κ3) is 3.96. The number of rotatable bonds is 4. The van der Waals surface area contributed by atoms with Crippen LogP contribution in [0.2, 0.25) is 0 Å². The molecule has 0 bridgehead atoms. The lowest BCUT2D eigenvalue weighted by molar-refractivity contribution is 0.102. The summed E-state index contributed by atoms with van der Waals surface area (Å²) in [5, 5.41) is 6.18. The van der Waals surface area contributed by atoms with Crippen molar-refractivity contribution in [3.8, 4) is 5.75 Å². The number of nitrogens with one attached hydrogen (secondary N) is 2. The van der Waals surface area contributed by atoms with Gasteiger partial charge in [0.05, 0.1) is 5.56 Å². The third-order valence-corrected chi connectivity index (χ3v) is 5.32. The minimum Gasteiger partial charge on any atom is -0.488 e. The minimum absolute atomic E-state index is 0.0424. The second kappa shape index (κ2) is 8.40. The number of carbonyl (C=O) groups excluding carboxylic acids is 2. The summed E-state index contributed by atoms with van der Waals surface area (Å²) < 4.78 is 5.93. The molecule has 1 aliphatic rings. The Morgan fingerprint density at radius 1 is 0.719 bits per heavy atom. The number of benzene rings is 4. The highest BCUT2D eigenvalue weighted by Crippen LogP contribution is 2.32. The Bertz CT molecular complexity index is 1320. The predicted octanol–water partition coefficient (Wildman–Crippen LogP) is 5.81. The van der Waals surface area contributed by atoms with Crippen LogP contribution in [0.25, 0.3) is 0 Å². The fraction of sp³-hybridized carbons (Fsp3) is 0.0370. The molecule has 32 heavy (non-hydrogen) atoms. The molecule has 0 aliphatic carbocycles. The third-order valence-electron chi connectivity index (χ3n) is 5.32. The van der Waals surface area contributed by atoms with E-state index in [1.54, 1.807) is 18.2 Å². The largest absolute Gasteiger partial charge is 0.488 e. The Morgan fingerprint density at radius 3 is 2.34 bits per heavy atom. The molecule has 1 aliphatic heterocycles. The van der Waals surface area contributed by atoms with Crippen molar-refractivity contribution in [2.24, 2.45) is 0 Å². The molecule has 0 fully saturated rings. The van der Waals surface area contributed by atoms with Gasteiger partial charge in [-0.1, -0.05) is 48.5 Å². The number of para-hydroxylation sites is 1. The molecule has 1 amide bonds. The molecule has 1 heterocycles. The summed E-state index contributed by atoms with van der Waals surface area (Å²) in [6.45, 7) is 0.341. The van der Waals surface area contributed by atoms with Crippen molar-refractivity contribution in [1.82, 2.24) is 0 Å². The molecular formula is C27H20N2O3. The van der Waals surface area contributed by atoms with E-state index in [2.05, 4.69) is 10.6 Å². The van der Waals surface area contributed by atoms with Crippen LogP contribution in [-0.4, -0.2) is 11.7 Å². The number of ether oxygens (including phenoxy) is 1. The number of carbonyl (C=O) groups is 2. The number of ketones is 1. The average Bonchev–Trinajstić information content (AvgIpc) is 2.97. The molecule has 156 valence electrons. The fourth-order valence-corrected chi connectivity index (χ4v) is 3.70. The number of anilines is 3. The van der Waals surface area contributed by atoms with Gasteiger partial charge in [0.15, 0.2) is 5.78 Å². The highest BCUT2D eigenvalue weighted by molar-refractivity contribution is 6.12. The molecule has 0 aromatic heterocycles. The van der Waals surface area contributed by atoms with Crippen LogP contribution in [0.1, 0.15) is 31.8 Å². The van der Waals surface area contributed by atoms with Crippen LogP contribution in [-0.2, 0) is 6.61 Å². The first kappa shape index (κ1) is 19.6. The number of amides is 1. The second-order valence-corrected chi connectivity index (χ2v) is 7.51. The molecule has 0 atom stereocenters. The first-order valence-electron chi connectivity index (χ1n) is 10.3. The van der Waals surface area contributed by atoms with Crippen molar-refractivity contribution >= 4 is 28.8 Å². The van der Waals surface area contributed by atoms with E-state index in [1.807, 2.05) is 78.9 Å².